The summed E-state index contributed by atoms with van der Waals surface area (Å²) in [6.07, 6.45) is 8.00. The van der Waals surface area contributed by atoms with Crippen LogP contribution in [0.25, 0.3) is 0 Å². The van der Waals surface area contributed by atoms with E-state index in [1.54, 1.807) is 12.1 Å². The lowest BCUT2D eigenvalue weighted by molar-refractivity contribution is 0.623. The second kappa shape index (κ2) is 9.01. The van der Waals surface area contributed by atoms with E-state index in [1.165, 1.54) is 22.3 Å². The first-order valence-corrected chi connectivity index (χ1v) is 9.79. The molecule has 142 valence electrons. The van der Waals surface area contributed by atoms with Crippen molar-refractivity contribution in [1.29, 1.82) is 0 Å². The third kappa shape index (κ3) is 4.48. The average Bonchev–Trinajstić information content (AvgIpc) is 2.83. The van der Waals surface area contributed by atoms with Gasteiger partial charge < -0.3 is 11.1 Å². The van der Waals surface area contributed by atoms with Gasteiger partial charge in [-0.2, -0.15) is 0 Å². The van der Waals surface area contributed by atoms with Crippen LogP contribution in [0.15, 0.2) is 65.8 Å². The van der Waals surface area contributed by atoms with Gasteiger partial charge in [0.15, 0.2) is 0 Å². The van der Waals surface area contributed by atoms with E-state index in [9.17, 15) is 4.39 Å². The number of halogens is 1. The van der Waals surface area contributed by atoms with Gasteiger partial charge in [-0.25, -0.2) is 4.39 Å². The second-order valence-corrected chi connectivity index (χ2v) is 7.10. The molecule has 0 amide bonds. The van der Waals surface area contributed by atoms with E-state index in [4.69, 9.17) is 5.73 Å². The number of allylic oxidation sites excluding steroid dienone is 3. The molecule has 2 nitrogen and oxygen atoms in total. The fourth-order valence-corrected chi connectivity index (χ4v) is 4.09. The van der Waals surface area contributed by atoms with Gasteiger partial charge in [-0.1, -0.05) is 42.8 Å². The van der Waals surface area contributed by atoms with Gasteiger partial charge in [-0.05, 0) is 72.2 Å². The monoisotopic (exact) mass is 364 g/mol. The summed E-state index contributed by atoms with van der Waals surface area (Å²) >= 11 is 0. The van der Waals surface area contributed by atoms with Crippen molar-refractivity contribution in [2.75, 3.05) is 18.9 Å². The van der Waals surface area contributed by atoms with Crippen LogP contribution in [-0.2, 0) is 12.8 Å². The molecule has 0 fully saturated rings. The van der Waals surface area contributed by atoms with Crippen molar-refractivity contribution < 1.29 is 4.39 Å². The first kappa shape index (κ1) is 19.4. The van der Waals surface area contributed by atoms with Gasteiger partial charge in [0.2, 0.25) is 0 Å². The Labute approximate surface area is 162 Å². The molecule has 0 saturated carbocycles. The van der Waals surface area contributed by atoms with E-state index in [0.717, 1.165) is 36.9 Å². The largest absolute Gasteiger partial charge is 0.388 e. The summed E-state index contributed by atoms with van der Waals surface area (Å²) in [6.45, 7) is 2.74. The van der Waals surface area contributed by atoms with E-state index in [2.05, 4.69) is 42.6 Å². The van der Waals surface area contributed by atoms with Crippen molar-refractivity contribution in [1.82, 2.24) is 0 Å². The lowest BCUT2D eigenvalue weighted by Crippen LogP contribution is -2.09. The smallest absolute Gasteiger partial charge is 0.123 e. The minimum Gasteiger partial charge on any atom is -0.388 e. The van der Waals surface area contributed by atoms with E-state index in [-0.39, 0.29) is 11.7 Å². The Morgan fingerprint density at radius 1 is 1.19 bits per heavy atom. The van der Waals surface area contributed by atoms with Crippen molar-refractivity contribution in [3.05, 3.63) is 88.3 Å². The molecule has 3 N–H and O–H groups in total. The molecule has 3 heteroatoms. The Kier molecular flexibility index (Phi) is 6.46. The lowest BCUT2D eigenvalue weighted by Gasteiger charge is -2.22. The number of nitrogens with one attached hydrogen (secondary N) is 1. The van der Waals surface area contributed by atoms with Gasteiger partial charge in [0, 0.05) is 25.2 Å². The number of fused-ring (bicyclic) bond motifs is 1. The maximum atomic E-state index is 13.9. The van der Waals surface area contributed by atoms with Gasteiger partial charge >= 0.3 is 0 Å². The van der Waals surface area contributed by atoms with Crippen LogP contribution >= 0.6 is 0 Å². The standard InChI is InChI=1S/C24H29FN2/c1-3-18-9-10-19-16-20(25)11-12-23(19)24(22(18)8-5-13-26)15-17-6-4-7-21(14-17)27-2/h4-8,11-12,14,16,24,27H,3,9-10,13,15,26H2,1-2H3/b8-5-. The fourth-order valence-electron chi connectivity index (χ4n) is 4.09. The third-order valence-corrected chi connectivity index (χ3v) is 5.48. The van der Waals surface area contributed by atoms with E-state index in [0.29, 0.717) is 6.54 Å². The Morgan fingerprint density at radius 2 is 2.04 bits per heavy atom. The number of benzene rings is 2. The Bertz CT molecular complexity index is 851. The quantitative estimate of drug-likeness (QED) is 0.724. The van der Waals surface area contributed by atoms with Gasteiger partial charge in [0.1, 0.15) is 5.82 Å². The summed E-state index contributed by atoms with van der Waals surface area (Å²) in [5.41, 5.74) is 13.3. The highest BCUT2D eigenvalue weighted by atomic mass is 19.1. The SMILES string of the molecule is CCC1=C(/C=C\CN)C(Cc2cccc(NC)c2)c2ccc(F)cc2CC1. The average molecular weight is 365 g/mol. The molecular formula is C24H29FN2. The predicted octanol–water partition coefficient (Wildman–Crippen LogP) is 5.36. The molecule has 0 saturated heterocycles. The minimum atomic E-state index is -0.149. The van der Waals surface area contributed by atoms with Crippen LogP contribution in [0.3, 0.4) is 0 Å². The van der Waals surface area contributed by atoms with Crippen LogP contribution in [0.1, 0.15) is 42.4 Å². The van der Waals surface area contributed by atoms with Crippen LogP contribution in [0.5, 0.6) is 0 Å². The molecule has 0 spiro atoms. The lowest BCUT2D eigenvalue weighted by atomic mass is 9.82. The zero-order valence-corrected chi connectivity index (χ0v) is 16.3. The number of anilines is 1. The molecule has 27 heavy (non-hydrogen) atoms. The maximum Gasteiger partial charge on any atom is 0.123 e. The van der Waals surface area contributed by atoms with Gasteiger partial charge in [-0.3, -0.25) is 0 Å². The van der Waals surface area contributed by atoms with Crippen LogP contribution in [0.4, 0.5) is 10.1 Å². The molecule has 2 aromatic rings. The Balaban J connectivity index is 2.10. The molecule has 0 heterocycles. The highest BCUT2D eigenvalue weighted by molar-refractivity contribution is 5.49. The summed E-state index contributed by atoms with van der Waals surface area (Å²) in [5, 5.41) is 3.22. The van der Waals surface area contributed by atoms with Crippen molar-refractivity contribution >= 4 is 5.69 Å². The summed E-state index contributed by atoms with van der Waals surface area (Å²) in [6, 6.07) is 13.8. The molecule has 0 bridgehead atoms. The normalized spacial score (nSPS) is 17.1. The van der Waals surface area contributed by atoms with Crippen molar-refractivity contribution in [3.63, 3.8) is 0 Å². The van der Waals surface area contributed by atoms with E-state index in [1.807, 2.05) is 19.2 Å². The summed E-state index contributed by atoms with van der Waals surface area (Å²) in [5.74, 6) is 0.0663. The van der Waals surface area contributed by atoms with Crippen LogP contribution in [-0.4, -0.2) is 13.6 Å². The zero-order chi connectivity index (χ0) is 19.2. The van der Waals surface area contributed by atoms with Gasteiger partial charge in [-0.15, -0.1) is 0 Å². The van der Waals surface area contributed by atoms with Crippen LogP contribution < -0.4 is 11.1 Å². The molecule has 1 aliphatic rings. The number of hydrogen-bond acceptors (Lipinski definition) is 2. The molecule has 0 radical (unpaired) electrons. The third-order valence-electron chi connectivity index (χ3n) is 5.48. The highest BCUT2D eigenvalue weighted by Gasteiger charge is 2.24. The number of hydrogen-bond donors (Lipinski definition) is 2. The van der Waals surface area contributed by atoms with Crippen molar-refractivity contribution in [2.24, 2.45) is 5.73 Å². The first-order valence-electron chi connectivity index (χ1n) is 9.79. The zero-order valence-electron chi connectivity index (χ0n) is 16.3. The topological polar surface area (TPSA) is 38.0 Å². The summed E-state index contributed by atoms with van der Waals surface area (Å²) in [4.78, 5) is 0. The number of aryl methyl sites for hydroxylation is 1. The molecule has 0 aromatic heterocycles. The molecule has 1 atom stereocenters. The van der Waals surface area contributed by atoms with Crippen LogP contribution in [0, 0.1) is 5.82 Å². The first-order chi connectivity index (χ1) is 13.2. The number of rotatable bonds is 6. The summed E-state index contributed by atoms with van der Waals surface area (Å²) < 4.78 is 13.9. The minimum absolute atomic E-state index is 0.149. The molecule has 1 unspecified atom stereocenters. The molecule has 0 aliphatic heterocycles. The molecule has 1 aliphatic carbocycles. The maximum absolute atomic E-state index is 13.9. The van der Waals surface area contributed by atoms with Gasteiger partial charge in [0.25, 0.3) is 0 Å². The van der Waals surface area contributed by atoms with Crippen LogP contribution in [0.2, 0.25) is 0 Å². The Hall–Kier alpha value is -2.39. The predicted molar refractivity (Wildman–Crippen MR) is 113 cm³/mol. The van der Waals surface area contributed by atoms with Gasteiger partial charge in [0.05, 0.1) is 0 Å². The highest BCUT2D eigenvalue weighted by Crippen LogP contribution is 2.39. The molecular weight excluding hydrogens is 335 g/mol. The van der Waals surface area contributed by atoms with Crippen molar-refractivity contribution in [3.8, 4) is 0 Å². The van der Waals surface area contributed by atoms with Crippen molar-refractivity contribution in [2.45, 2.75) is 38.5 Å². The van der Waals surface area contributed by atoms with E-state index < -0.39 is 0 Å². The van der Waals surface area contributed by atoms with E-state index >= 15 is 0 Å². The second-order valence-electron chi connectivity index (χ2n) is 7.10. The number of nitrogens with two attached hydrogens (primary N) is 1. The molecule has 3 rings (SSSR count). The fraction of sp³-hybridized carbons (Fsp3) is 0.333. The Morgan fingerprint density at radius 3 is 2.78 bits per heavy atom. The summed E-state index contributed by atoms with van der Waals surface area (Å²) in [7, 11) is 1.94. The molecule has 2 aromatic carbocycles.